The highest BCUT2D eigenvalue weighted by molar-refractivity contribution is 9.10. The summed E-state index contributed by atoms with van der Waals surface area (Å²) in [5.74, 6) is -0.480. The molecule has 0 bridgehead atoms. The molecule has 0 saturated carbocycles. The van der Waals surface area contributed by atoms with E-state index in [1.54, 1.807) is 6.92 Å². The van der Waals surface area contributed by atoms with Crippen molar-refractivity contribution in [1.29, 1.82) is 0 Å². The van der Waals surface area contributed by atoms with E-state index in [0.29, 0.717) is 22.1 Å². The Morgan fingerprint density at radius 1 is 1.28 bits per heavy atom. The molecule has 1 unspecified atom stereocenters. The zero-order valence-corrected chi connectivity index (χ0v) is 16.3. The third-order valence-corrected chi connectivity index (χ3v) is 7.03. The maximum absolute atomic E-state index is 13.2. The fraction of sp³-hybridized carbons (Fsp3) is 0.278. The summed E-state index contributed by atoms with van der Waals surface area (Å²) in [5, 5.41) is 0. The molecule has 5 nitrogen and oxygen atoms in total. The molecule has 25 heavy (non-hydrogen) atoms. The fourth-order valence-electron chi connectivity index (χ4n) is 3.06. The van der Waals surface area contributed by atoms with E-state index in [2.05, 4.69) is 15.9 Å². The molecule has 2 aromatic rings. The summed E-state index contributed by atoms with van der Waals surface area (Å²) in [7, 11) is -3.75. The molecule has 0 saturated heterocycles. The number of hydrogen-bond acceptors (Lipinski definition) is 4. The van der Waals surface area contributed by atoms with Gasteiger partial charge in [-0.25, -0.2) is 13.2 Å². The minimum Gasteiger partial charge on any atom is -0.462 e. The third kappa shape index (κ3) is 3.18. The maximum atomic E-state index is 13.2. The number of benzene rings is 2. The number of halogens is 1. The molecule has 132 valence electrons. The number of fused-ring (bicyclic) bond motifs is 1. The molecule has 0 N–H and O–H groups in total. The van der Waals surface area contributed by atoms with Crippen molar-refractivity contribution in [3.63, 3.8) is 0 Å². The number of carbonyl (C=O) groups is 1. The highest BCUT2D eigenvalue weighted by Gasteiger charge is 2.36. The molecular weight excluding hydrogens is 406 g/mol. The number of rotatable bonds is 4. The molecule has 1 heterocycles. The van der Waals surface area contributed by atoms with Crippen LogP contribution in [0.2, 0.25) is 0 Å². The van der Waals surface area contributed by atoms with Crippen molar-refractivity contribution >= 4 is 37.6 Å². The molecular formula is C18H18BrNO4S. The van der Waals surface area contributed by atoms with Gasteiger partial charge in [0.25, 0.3) is 10.0 Å². The highest BCUT2D eigenvalue weighted by atomic mass is 79.9. The van der Waals surface area contributed by atoms with Gasteiger partial charge in [0, 0.05) is 10.5 Å². The van der Waals surface area contributed by atoms with E-state index in [-0.39, 0.29) is 17.5 Å². The summed E-state index contributed by atoms with van der Waals surface area (Å²) in [5.41, 5.74) is 2.02. The number of ether oxygens (including phenoxy) is 1. The lowest BCUT2D eigenvalue weighted by atomic mass is 10.1. The molecule has 2 aromatic carbocycles. The van der Waals surface area contributed by atoms with Crippen LogP contribution >= 0.6 is 15.9 Å². The number of esters is 1. The Kier molecular flexibility index (Phi) is 4.88. The standard InChI is InChI=1S/C18H18BrNO4S/c1-3-24-18(21)14-8-9-17(15(19)11-14)25(22,23)20-12(2)10-13-6-4-5-7-16(13)20/h4-9,11-12H,3,10H2,1-2H3. The van der Waals surface area contributed by atoms with E-state index in [4.69, 9.17) is 4.74 Å². The van der Waals surface area contributed by atoms with E-state index < -0.39 is 16.0 Å². The first kappa shape index (κ1) is 17.9. The summed E-state index contributed by atoms with van der Waals surface area (Å²) < 4.78 is 33.2. The Hall–Kier alpha value is -1.86. The van der Waals surface area contributed by atoms with Crippen LogP contribution in [0.25, 0.3) is 0 Å². The van der Waals surface area contributed by atoms with Crippen molar-refractivity contribution in [2.45, 2.75) is 31.2 Å². The molecule has 0 fully saturated rings. The van der Waals surface area contributed by atoms with Gasteiger partial charge in [-0.05, 0) is 66.0 Å². The lowest BCUT2D eigenvalue weighted by Crippen LogP contribution is -2.35. The van der Waals surface area contributed by atoms with E-state index in [1.807, 2.05) is 31.2 Å². The Balaban J connectivity index is 2.03. The minimum atomic E-state index is -3.75. The molecule has 0 aromatic heterocycles. The molecule has 1 aliphatic heterocycles. The zero-order valence-electron chi connectivity index (χ0n) is 13.9. The summed E-state index contributed by atoms with van der Waals surface area (Å²) in [6.07, 6.45) is 0.675. The molecule has 1 atom stereocenters. The second-order valence-electron chi connectivity index (χ2n) is 5.85. The van der Waals surface area contributed by atoms with E-state index in [1.165, 1.54) is 22.5 Å². The summed E-state index contributed by atoms with van der Waals surface area (Å²) in [6, 6.07) is 11.7. The molecule has 3 rings (SSSR count). The van der Waals surface area contributed by atoms with Crippen LogP contribution in [-0.4, -0.2) is 27.0 Å². The van der Waals surface area contributed by atoms with Gasteiger partial charge in [-0.1, -0.05) is 18.2 Å². The van der Waals surface area contributed by atoms with Crippen molar-refractivity contribution in [1.82, 2.24) is 0 Å². The summed E-state index contributed by atoms with van der Waals surface area (Å²) >= 11 is 3.30. The third-order valence-electron chi connectivity index (χ3n) is 4.12. The quantitative estimate of drug-likeness (QED) is 0.702. The smallest absolute Gasteiger partial charge is 0.338 e. The normalized spacial score (nSPS) is 16.6. The lowest BCUT2D eigenvalue weighted by Gasteiger charge is -2.25. The van der Waals surface area contributed by atoms with Crippen molar-refractivity contribution in [2.75, 3.05) is 10.9 Å². The summed E-state index contributed by atoms with van der Waals surface area (Å²) in [6.45, 7) is 3.87. The molecule has 1 aliphatic rings. The van der Waals surface area contributed by atoms with Gasteiger partial charge in [-0.3, -0.25) is 4.31 Å². The average molecular weight is 424 g/mol. The number of hydrogen-bond donors (Lipinski definition) is 0. The number of anilines is 1. The van der Waals surface area contributed by atoms with Crippen LogP contribution in [0.15, 0.2) is 51.8 Å². The van der Waals surface area contributed by atoms with Crippen LogP contribution in [0.4, 0.5) is 5.69 Å². The SMILES string of the molecule is CCOC(=O)c1ccc(S(=O)(=O)N2c3ccccc3CC2C)c(Br)c1. The number of sulfonamides is 1. The average Bonchev–Trinajstić information content (AvgIpc) is 2.91. The first-order valence-electron chi connectivity index (χ1n) is 7.95. The van der Waals surface area contributed by atoms with Crippen molar-refractivity contribution in [2.24, 2.45) is 0 Å². The Labute approximate surface area is 155 Å². The fourth-order valence-corrected chi connectivity index (χ4v) is 5.80. The topological polar surface area (TPSA) is 63.7 Å². The second-order valence-corrected chi connectivity index (χ2v) is 8.49. The first-order chi connectivity index (χ1) is 11.9. The minimum absolute atomic E-state index is 0.129. The van der Waals surface area contributed by atoms with Gasteiger partial charge in [-0.15, -0.1) is 0 Å². The van der Waals surface area contributed by atoms with E-state index in [9.17, 15) is 13.2 Å². The Bertz CT molecular complexity index is 926. The molecule has 0 amide bonds. The second kappa shape index (κ2) is 6.80. The molecule has 0 radical (unpaired) electrons. The van der Waals surface area contributed by atoms with Crippen LogP contribution < -0.4 is 4.31 Å². The van der Waals surface area contributed by atoms with Gasteiger partial charge in [0.1, 0.15) is 4.90 Å². The van der Waals surface area contributed by atoms with Gasteiger partial charge in [0.2, 0.25) is 0 Å². The number of nitrogens with zero attached hydrogens (tertiary/aromatic N) is 1. The largest absolute Gasteiger partial charge is 0.462 e. The summed E-state index contributed by atoms with van der Waals surface area (Å²) in [4.78, 5) is 12.0. The van der Waals surface area contributed by atoms with Crippen molar-refractivity contribution in [3.05, 3.63) is 58.1 Å². The number of para-hydroxylation sites is 1. The van der Waals surface area contributed by atoms with Crippen LogP contribution in [0.1, 0.15) is 29.8 Å². The Morgan fingerprint density at radius 3 is 2.68 bits per heavy atom. The number of carbonyl (C=O) groups excluding carboxylic acids is 1. The van der Waals surface area contributed by atoms with Crippen LogP contribution in [0, 0.1) is 0 Å². The first-order valence-corrected chi connectivity index (χ1v) is 10.2. The van der Waals surface area contributed by atoms with Crippen molar-refractivity contribution in [3.8, 4) is 0 Å². The molecule has 0 aliphatic carbocycles. The predicted molar refractivity (Wildman–Crippen MR) is 99.4 cm³/mol. The zero-order chi connectivity index (χ0) is 18.2. The Morgan fingerprint density at radius 2 is 2.00 bits per heavy atom. The molecule has 7 heteroatoms. The lowest BCUT2D eigenvalue weighted by molar-refractivity contribution is 0.0526. The predicted octanol–water partition coefficient (Wildman–Crippen LogP) is 3.77. The van der Waals surface area contributed by atoms with Gasteiger partial charge in [0.05, 0.1) is 17.9 Å². The van der Waals surface area contributed by atoms with Crippen LogP contribution in [0.5, 0.6) is 0 Å². The highest BCUT2D eigenvalue weighted by Crippen LogP contribution is 2.38. The van der Waals surface area contributed by atoms with Gasteiger partial charge < -0.3 is 4.74 Å². The van der Waals surface area contributed by atoms with Gasteiger partial charge in [0.15, 0.2) is 0 Å². The van der Waals surface area contributed by atoms with Gasteiger partial charge >= 0.3 is 5.97 Å². The van der Waals surface area contributed by atoms with Crippen LogP contribution in [-0.2, 0) is 21.2 Å². The molecule has 0 spiro atoms. The van der Waals surface area contributed by atoms with E-state index >= 15 is 0 Å². The van der Waals surface area contributed by atoms with Crippen molar-refractivity contribution < 1.29 is 17.9 Å². The monoisotopic (exact) mass is 423 g/mol. The van der Waals surface area contributed by atoms with E-state index in [0.717, 1.165) is 5.56 Å². The van der Waals surface area contributed by atoms with Gasteiger partial charge in [-0.2, -0.15) is 0 Å². The van der Waals surface area contributed by atoms with Crippen LogP contribution in [0.3, 0.4) is 0 Å². The maximum Gasteiger partial charge on any atom is 0.338 e.